The fraction of sp³-hybridized carbons (Fsp3) is 0.455. The van der Waals surface area contributed by atoms with Crippen molar-refractivity contribution in [3.8, 4) is 5.75 Å². The van der Waals surface area contributed by atoms with Crippen molar-refractivity contribution in [1.82, 2.24) is 0 Å². The molecule has 0 fully saturated rings. The summed E-state index contributed by atoms with van der Waals surface area (Å²) in [7, 11) is 0. The summed E-state index contributed by atoms with van der Waals surface area (Å²) in [4.78, 5) is 0. The molecule has 1 heterocycles. The van der Waals surface area contributed by atoms with E-state index in [4.69, 9.17) is 10.5 Å². The maximum atomic E-state index is 6.18. The maximum Gasteiger partial charge on any atom is 0.125 e. The van der Waals surface area contributed by atoms with Gasteiger partial charge in [-0.05, 0) is 12.1 Å². The second-order valence-electron chi connectivity index (χ2n) is 4.44. The van der Waals surface area contributed by atoms with Crippen molar-refractivity contribution >= 4 is 15.9 Å². The SMILES string of the molecule is CC1(C)COc2cc(Br)ccc2C1N. The lowest BCUT2D eigenvalue weighted by atomic mass is 9.80. The van der Waals surface area contributed by atoms with Crippen LogP contribution >= 0.6 is 15.9 Å². The van der Waals surface area contributed by atoms with Gasteiger partial charge in [0.2, 0.25) is 0 Å². The van der Waals surface area contributed by atoms with Crippen LogP contribution in [0.2, 0.25) is 0 Å². The molecule has 2 rings (SSSR count). The predicted octanol–water partition coefficient (Wildman–Crippen LogP) is 2.87. The maximum absolute atomic E-state index is 6.18. The minimum absolute atomic E-state index is 0.0147. The van der Waals surface area contributed by atoms with E-state index in [9.17, 15) is 0 Å². The van der Waals surface area contributed by atoms with Gasteiger partial charge >= 0.3 is 0 Å². The van der Waals surface area contributed by atoms with Crippen molar-refractivity contribution in [2.45, 2.75) is 19.9 Å². The van der Waals surface area contributed by atoms with E-state index in [0.717, 1.165) is 15.8 Å². The Hall–Kier alpha value is -0.540. The summed E-state index contributed by atoms with van der Waals surface area (Å²) in [5.41, 5.74) is 7.29. The third-order valence-electron chi connectivity index (χ3n) is 2.75. The van der Waals surface area contributed by atoms with E-state index < -0.39 is 0 Å². The highest BCUT2D eigenvalue weighted by atomic mass is 79.9. The predicted molar refractivity (Wildman–Crippen MR) is 60.3 cm³/mol. The molecule has 2 N–H and O–H groups in total. The lowest BCUT2D eigenvalue weighted by Crippen LogP contribution is -2.38. The summed E-state index contributed by atoms with van der Waals surface area (Å²) in [6.45, 7) is 4.93. The van der Waals surface area contributed by atoms with E-state index in [1.165, 1.54) is 0 Å². The van der Waals surface area contributed by atoms with Crippen LogP contribution in [0.15, 0.2) is 22.7 Å². The molecular formula is C11H14BrNO. The van der Waals surface area contributed by atoms with Gasteiger partial charge in [0.15, 0.2) is 0 Å². The largest absolute Gasteiger partial charge is 0.493 e. The second kappa shape index (κ2) is 3.24. The summed E-state index contributed by atoms with van der Waals surface area (Å²) in [6.07, 6.45) is 0. The van der Waals surface area contributed by atoms with Crippen molar-refractivity contribution in [2.75, 3.05) is 6.61 Å². The zero-order valence-corrected chi connectivity index (χ0v) is 9.97. The van der Waals surface area contributed by atoms with Gasteiger partial charge in [-0.3, -0.25) is 0 Å². The molecule has 1 aromatic rings. The molecule has 1 atom stereocenters. The van der Waals surface area contributed by atoms with E-state index >= 15 is 0 Å². The van der Waals surface area contributed by atoms with Crippen molar-refractivity contribution in [2.24, 2.45) is 11.1 Å². The number of ether oxygens (including phenoxy) is 1. The highest BCUT2D eigenvalue weighted by molar-refractivity contribution is 9.10. The summed E-state index contributed by atoms with van der Waals surface area (Å²) >= 11 is 3.42. The lowest BCUT2D eigenvalue weighted by Gasteiger charge is -2.37. The van der Waals surface area contributed by atoms with E-state index in [1.54, 1.807) is 0 Å². The summed E-state index contributed by atoms with van der Waals surface area (Å²) in [6, 6.07) is 6.07. The molecule has 0 amide bonds. The Morgan fingerprint density at radius 3 is 2.93 bits per heavy atom. The molecule has 1 aromatic carbocycles. The number of benzene rings is 1. The smallest absolute Gasteiger partial charge is 0.125 e. The fourth-order valence-electron chi connectivity index (χ4n) is 1.66. The van der Waals surface area contributed by atoms with Crippen LogP contribution in [0, 0.1) is 5.41 Å². The van der Waals surface area contributed by atoms with Crippen LogP contribution in [-0.4, -0.2) is 6.61 Å². The average Bonchev–Trinajstić information content (AvgIpc) is 2.12. The topological polar surface area (TPSA) is 35.2 Å². The van der Waals surface area contributed by atoms with Crippen molar-refractivity contribution < 1.29 is 4.74 Å². The van der Waals surface area contributed by atoms with Gasteiger partial charge in [0, 0.05) is 21.5 Å². The molecule has 1 unspecified atom stereocenters. The van der Waals surface area contributed by atoms with Gasteiger partial charge in [0.05, 0.1) is 6.61 Å². The van der Waals surface area contributed by atoms with Crippen LogP contribution in [0.4, 0.5) is 0 Å². The molecule has 76 valence electrons. The Morgan fingerprint density at radius 2 is 2.21 bits per heavy atom. The van der Waals surface area contributed by atoms with Crippen LogP contribution in [0.1, 0.15) is 25.5 Å². The molecule has 0 aromatic heterocycles. The number of nitrogens with two attached hydrogens (primary N) is 1. The molecule has 1 aliphatic rings. The molecular weight excluding hydrogens is 242 g/mol. The molecule has 0 aliphatic carbocycles. The van der Waals surface area contributed by atoms with Gasteiger partial charge in [0.25, 0.3) is 0 Å². The first kappa shape index (κ1) is 9.99. The normalized spacial score (nSPS) is 23.9. The Bertz CT molecular complexity index is 362. The first-order chi connectivity index (χ1) is 6.50. The molecule has 0 spiro atoms. The third kappa shape index (κ3) is 1.55. The van der Waals surface area contributed by atoms with E-state index in [1.807, 2.05) is 18.2 Å². The van der Waals surface area contributed by atoms with Gasteiger partial charge in [-0.2, -0.15) is 0 Å². The number of halogens is 1. The van der Waals surface area contributed by atoms with Gasteiger partial charge in [-0.15, -0.1) is 0 Å². The molecule has 1 aliphatic heterocycles. The van der Waals surface area contributed by atoms with Gasteiger partial charge in [0.1, 0.15) is 5.75 Å². The van der Waals surface area contributed by atoms with E-state index in [0.29, 0.717) is 6.61 Å². The Morgan fingerprint density at radius 1 is 1.50 bits per heavy atom. The summed E-state index contributed by atoms with van der Waals surface area (Å²) < 4.78 is 6.71. The first-order valence-electron chi connectivity index (χ1n) is 4.68. The van der Waals surface area contributed by atoms with Gasteiger partial charge < -0.3 is 10.5 Å². The quantitative estimate of drug-likeness (QED) is 0.774. The van der Waals surface area contributed by atoms with Crippen LogP contribution in [0.3, 0.4) is 0 Å². The van der Waals surface area contributed by atoms with Crippen LogP contribution in [0.25, 0.3) is 0 Å². The highest BCUT2D eigenvalue weighted by Gasteiger charge is 2.34. The van der Waals surface area contributed by atoms with Crippen molar-refractivity contribution in [3.63, 3.8) is 0 Å². The van der Waals surface area contributed by atoms with Gasteiger partial charge in [-0.1, -0.05) is 35.8 Å². The molecule has 3 heteroatoms. The highest BCUT2D eigenvalue weighted by Crippen LogP contribution is 2.41. The average molecular weight is 256 g/mol. The molecule has 0 bridgehead atoms. The zero-order chi connectivity index (χ0) is 10.3. The van der Waals surface area contributed by atoms with Gasteiger partial charge in [-0.25, -0.2) is 0 Å². The number of hydrogen-bond donors (Lipinski definition) is 1. The number of fused-ring (bicyclic) bond motifs is 1. The van der Waals surface area contributed by atoms with Crippen LogP contribution < -0.4 is 10.5 Å². The summed E-state index contributed by atoms with van der Waals surface area (Å²) in [5, 5.41) is 0. The Balaban J connectivity index is 2.46. The van der Waals surface area contributed by atoms with E-state index in [2.05, 4.69) is 29.8 Å². The van der Waals surface area contributed by atoms with Crippen LogP contribution in [-0.2, 0) is 0 Å². The van der Waals surface area contributed by atoms with Crippen molar-refractivity contribution in [1.29, 1.82) is 0 Å². The Labute approximate surface area is 92.6 Å². The van der Waals surface area contributed by atoms with E-state index in [-0.39, 0.29) is 11.5 Å². The fourth-order valence-corrected chi connectivity index (χ4v) is 2.00. The Kier molecular flexibility index (Phi) is 2.32. The number of rotatable bonds is 0. The molecule has 0 radical (unpaired) electrons. The molecule has 0 saturated heterocycles. The first-order valence-corrected chi connectivity index (χ1v) is 5.48. The minimum atomic E-state index is 0.0147. The third-order valence-corrected chi connectivity index (χ3v) is 3.25. The standard InChI is InChI=1S/C11H14BrNO/c1-11(2)6-14-9-5-7(12)3-4-8(9)10(11)13/h3-5,10H,6,13H2,1-2H3. The molecule has 2 nitrogen and oxygen atoms in total. The van der Waals surface area contributed by atoms with Crippen molar-refractivity contribution in [3.05, 3.63) is 28.2 Å². The molecule has 0 saturated carbocycles. The lowest BCUT2D eigenvalue weighted by molar-refractivity contribution is 0.122. The minimum Gasteiger partial charge on any atom is -0.493 e. The monoisotopic (exact) mass is 255 g/mol. The summed E-state index contributed by atoms with van der Waals surface area (Å²) in [5.74, 6) is 0.909. The van der Waals surface area contributed by atoms with Crippen LogP contribution in [0.5, 0.6) is 5.75 Å². The second-order valence-corrected chi connectivity index (χ2v) is 5.35. The number of hydrogen-bond acceptors (Lipinski definition) is 2. The zero-order valence-electron chi connectivity index (χ0n) is 8.38. The molecule has 14 heavy (non-hydrogen) atoms.